The van der Waals surface area contributed by atoms with Gasteiger partial charge in [-0.3, -0.25) is 0 Å². The van der Waals surface area contributed by atoms with Gasteiger partial charge in [-0.15, -0.1) is 0 Å². The molecule has 0 aliphatic rings. The van der Waals surface area contributed by atoms with E-state index in [1.807, 2.05) is 6.07 Å². The van der Waals surface area contributed by atoms with Gasteiger partial charge in [-0.1, -0.05) is 54.2 Å². The molecule has 1 aromatic carbocycles. The normalized spacial score (nSPS) is 12.4. The van der Waals surface area contributed by atoms with Gasteiger partial charge in [0.2, 0.25) is 0 Å². The molecule has 90 valence electrons. The molecule has 0 saturated heterocycles. The van der Waals surface area contributed by atoms with Crippen molar-refractivity contribution in [3.05, 3.63) is 29.8 Å². The molecule has 0 radical (unpaired) electrons. The molecule has 0 aromatic heterocycles. The number of unbranched alkanes of at least 4 members (excludes halogenated alkanes) is 2. The highest BCUT2D eigenvalue weighted by Crippen LogP contribution is 2.19. The minimum Gasteiger partial charge on any atom is -0.497 e. The molecule has 0 fully saturated rings. The van der Waals surface area contributed by atoms with Crippen LogP contribution >= 0.6 is 15.9 Å². The molecule has 1 unspecified atom stereocenters. The third-order valence-corrected chi connectivity index (χ3v) is 3.49. The Kier molecular flexibility index (Phi) is 6.55. The van der Waals surface area contributed by atoms with Crippen LogP contribution in [0.15, 0.2) is 24.3 Å². The van der Waals surface area contributed by atoms with Crippen LogP contribution in [0.1, 0.15) is 38.2 Å². The predicted octanol–water partition coefficient (Wildman–Crippen LogP) is 4.58. The standard InChI is InChI=1S/C14H21BrO/c1-3-4-5-8-13(15)10-12-7-6-9-14(11-12)16-2/h6-7,9,11,13H,3-5,8,10H2,1-2H3. The van der Waals surface area contributed by atoms with E-state index in [-0.39, 0.29) is 0 Å². The predicted molar refractivity (Wildman–Crippen MR) is 73.6 cm³/mol. The molecule has 0 heterocycles. The summed E-state index contributed by atoms with van der Waals surface area (Å²) in [6, 6.07) is 8.33. The van der Waals surface area contributed by atoms with E-state index < -0.39 is 0 Å². The van der Waals surface area contributed by atoms with Crippen LogP contribution in [0, 0.1) is 0 Å². The minimum atomic E-state index is 0.589. The van der Waals surface area contributed by atoms with Crippen molar-refractivity contribution in [3.63, 3.8) is 0 Å². The van der Waals surface area contributed by atoms with Gasteiger partial charge in [0.1, 0.15) is 5.75 Å². The van der Waals surface area contributed by atoms with E-state index in [2.05, 4.69) is 41.1 Å². The largest absolute Gasteiger partial charge is 0.497 e. The maximum Gasteiger partial charge on any atom is 0.119 e. The second-order valence-electron chi connectivity index (χ2n) is 4.15. The molecule has 0 amide bonds. The van der Waals surface area contributed by atoms with Crippen LogP contribution < -0.4 is 4.74 Å². The number of rotatable bonds is 7. The van der Waals surface area contributed by atoms with Crippen LogP contribution in [0.3, 0.4) is 0 Å². The SMILES string of the molecule is CCCCCC(Br)Cc1cccc(OC)c1. The van der Waals surface area contributed by atoms with Gasteiger partial charge in [-0.05, 0) is 30.5 Å². The highest BCUT2D eigenvalue weighted by atomic mass is 79.9. The smallest absolute Gasteiger partial charge is 0.119 e. The number of benzene rings is 1. The van der Waals surface area contributed by atoms with Crippen LogP contribution in [-0.2, 0) is 6.42 Å². The Balaban J connectivity index is 2.39. The van der Waals surface area contributed by atoms with Crippen LogP contribution in [0.2, 0.25) is 0 Å². The maximum atomic E-state index is 5.22. The first kappa shape index (κ1) is 13.6. The maximum absolute atomic E-state index is 5.22. The number of methoxy groups -OCH3 is 1. The Labute approximate surface area is 107 Å². The molecule has 1 rings (SSSR count). The quantitative estimate of drug-likeness (QED) is 0.526. The third kappa shape index (κ3) is 5.02. The van der Waals surface area contributed by atoms with E-state index in [9.17, 15) is 0 Å². The van der Waals surface area contributed by atoms with E-state index in [4.69, 9.17) is 4.74 Å². The van der Waals surface area contributed by atoms with Gasteiger partial charge in [-0.2, -0.15) is 0 Å². The van der Waals surface area contributed by atoms with Crippen molar-refractivity contribution in [2.24, 2.45) is 0 Å². The van der Waals surface area contributed by atoms with Gasteiger partial charge in [-0.25, -0.2) is 0 Å². The monoisotopic (exact) mass is 284 g/mol. The topological polar surface area (TPSA) is 9.23 Å². The summed E-state index contributed by atoms with van der Waals surface area (Å²) in [6.45, 7) is 2.24. The van der Waals surface area contributed by atoms with Crippen LogP contribution in [0.4, 0.5) is 0 Å². The average Bonchev–Trinajstić information content (AvgIpc) is 2.29. The molecule has 1 atom stereocenters. The van der Waals surface area contributed by atoms with Gasteiger partial charge in [0.05, 0.1) is 7.11 Å². The number of hydrogen-bond donors (Lipinski definition) is 0. The summed E-state index contributed by atoms with van der Waals surface area (Å²) in [5.74, 6) is 0.950. The minimum absolute atomic E-state index is 0.589. The van der Waals surface area contributed by atoms with E-state index in [1.165, 1.54) is 31.2 Å². The van der Waals surface area contributed by atoms with Crippen LogP contribution in [0.5, 0.6) is 5.75 Å². The average molecular weight is 285 g/mol. The Bertz CT molecular complexity index is 299. The zero-order valence-electron chi connectivity index (χ0n) is 10.2. The van der Waals surface area contributed by atoms with Crippen LogP contribution in [-0.4, -0.2) is 11.9 Å². The highest BCUT2D eigenvalue weighted by Gasteiger charge is 2.05. The van der Waals surface area contributed by atoms with Crippen molar-refractivity contribution in [2.75, 3.05) is 7.11 Å². The fourth-order valence-corrected chi connectivity index (χ4v) is 2.47. The fourth-order valence-electron chi connectivity index (χ4n) is 1.77. The third-order valence-electron chi connectivity index (χ3n) is 2.71. The number of hydrogen-bond acceptors (Lipinski definition) is 1. The van der Waals surface area contributed by atoms with E-state index in [0.29, 0.717) is 4.83 Å². The Morgan fingerprint density at radius 3 is 2.81 bits per heavy atom. The summed E-state index contributed by atoms with van der Waals surface area (Å²) in [5, 5.41) is 0. The molecule has 16 heavy (non-hydrogen) atoms. The lowest BCUT2D eigenvalue weighted by Gasteiger charge is -2.10. The molecule has 0 saturated carbocycles. The van der Waals surface area contributed by atoms with Gasteiger partial charge >= 0.3 is 0 Å². The van der Waals surface area contributed by atoms with Crippen molar-refractivity contribution in [3.8, 4) is 5.75 Å². The van der Waals surface area contributed by atoms with Crippen LogP contribution in [0.25, 0.3) is 0 Å². The Morgan fingerprint density at radius 1 is 1.31 bits per heavy atom. The zero-order valence-corrected chi connectivity index (χ0v) is 11.8. The first-order valence-electron chi connectivity index (χ1n) is 6.03. The number of halogens is 1. The zero-order chi connectivity index (χ0) is 11.8. The van der Waals surface area contributed by atoms with Crippen molar-refractivity contribution < 1.29 is 4.74 Å². The summed E-state index contributed by atoms with van der Waals surface area (Å²) >= 11 is 3.75. The van der Waals surface area contributed by atoms with Crippen molar-refractivity contribution in [1.29, 1.82) is 0 Å². The molecule has 2 heteroatoms. The molecular formula is C14H21BrO. The lowest BCUT2D eigenvalue weighted by molar-refractivity contribution is 0.414. The lowest BCUT2D eigenvalue weighted by atomic mass is 10.1. The summed E-state index contributed by atoms with van der Waals surface area (Å²) in [4.78, 5) is 0.589. The lowest BCUT2D eigenvalue weighted by Crippen LogP contribution is -2.02. The molecule has 0 N–H and O–H groups in total. The van der Waals surface area contributed by atoms with Gasteiger partial charge in [0, 0.05) is 4.83 Å². The molecule has 1 nitrogen and oxygen atoms in total. The Morgan fingerprint density at radius 2 is 2.12 bits per heavy atom. The first-order valence-corrected chi connectivity index (χ1v) is 6.94. The molecule has 0 spiro atoms. The number of alkyl halides is 1. The molecule has 0 aliphatic carbocycles. The summed E-state index contributed by atoms with van der Waals surface area (Å²) in [6.07, 6.45) is 6.28. The number of ether oxygens (including phenoxy) is 1. The Hall–Kier alpha value is -0.500. The fraction of sp³-hybridized carbons (Fsp3) is 0.571. The summed E-state index contributed by atoms with van der Waals surface area (Å²) in [7, 11) is 1.71. The summed E-state index contributed by atoms with van der Waals surface area (Å²) in [5.41, 5.74) is 1.35. The second-order valence-corrected chi connectivity index (χ2v) is 5.44. The van der Waals surface area contributed by atoms with Gasteiger partial charge in [0.25, 0.3) is 0 Å². The van der Waals surface area contributed by atoms with Crippen molar-refractivity contribution in [1.82, 2.24) is 0 Å². The van der Waals surface area contributed by atoms with Crippen molar-refractivity contribution >= 4 is 15.9 Å². The molecule has 0 aliphatic heterocycles. The second kappa shape index (κ2) is 7.72. The van der Waals surface area contributed by atoms with E-state index >= 15 is 0 Å². The summed E-state index contributed by atoms with van der Waals surface area (Å²) < 4.78 is 5.22. The van der Waals surface area contributed by atoms with Gasteiger partial charge in [0.15, 0.2) is 0 Å². The van der Waals surface area contributed by atoms with E-state index in [0.717, 1.165) is 12.2 Å². The van der Waals surface area contributed by atoms with Crippen molar-refractivity contribution in [2.45, 2.75) is 43.9 Å². The van der Waals surface area contributed by atoms with Gasteiger partial charge < -0.3 is 4.74 Å². The first-order chi connectivity index (χ1) is 7.76. The molecular weight excluding hydrogens is 264 g/mol. The highest BCUT2D eigenvalue weighted by molar-refractivity contribution is 9.09. The molecule has 1 aromatic rings. The molecule has 0 bridgehead atoms. The van der Waals surface area contributed by atoms with E-state index in [1.54, 1.807) is 7.11 Å².